The van der Waals surface area contributed by atoms with Crippen molar-refractivity contribution in [2.24, 2.45) is 5.41 Å². The van der Waals surface area contributed by atoms with Gasteiger partial charge in [0.1, 0.15) is 5.75 Å². The first-order valence-electron chi connectivity index (χ1n) is 10.4. The van der Waals surface area contributed by atoms with Crippen molar-refractivity contribution < 1.29 is 22.7 Å². The van der Waals surface area contributed by atoms with Gasteiger partial charge >= 0.3 is 6.36 Å². The van der Waals surface area contributed by atoms with E-state index in [-0.39, 0.29) is 22.2 Å². The van der Waals surface area contributed by atoms with E-state index < -0.39 is 18.0 Å². The Kier molecular flexibility index (Phi) is 6.53. The molecule has 2 aromatic carbocycles. The third kappa shape index (κ3) is 6.81. The number of anilines is 1. The predicted octanol–water partition coefficient (Wildman–Crippen LogP) is 6.13. The zero-order valence-corrected chi connectivity index (χ0v) is 19.2. The molecular formula is C24H27F3N4O2. The number of hydrogen-bond acceptors (Lipinski definition) is 4. The van der Waals surface area contributed by atoms with Crippen LogP contribution in [0.15, 0.2) is 54.7 Å². The molecule has 176 valence electrons. The average Bonchev–Trinajstić information content (AvgIpc) is 3.15. The van der Waals surface area contributed by atoms with E-state index >= 15 is 0 Å². The summed E-state index contributed by atoms with van der Waals surface area (Å²) in [5, 5.41) is 10.4. The fourth-order valence-corrected chi connectivity index (χ4v) is 3.95. The number of halogens is 3. The Morgan fingerprint density at radius 2 is 1.70 bits per heavy atom. The summed E-state index contributed by atoms with van der Waals surface area (Å²) in [5.41, 5.74) is 2.28. The number of nitrogens with zero attached hydrogens (tertiary/aromatic N) is 3. The highest BCUT2D eigenvalue weighted by Gasteiger charge is 2.31. The van der Waals surface area contributed by atoms with Crippen LogP contribution in [-0.4, -0.2) is 27.3 Å². The molecule has 0 saturated carbocycles. The van der Waals surface area contributed by atoms with E-state index in [2.05, 4.69) is 55.0 Å². The van der Waals surface area contributed by atoms with E-state index in [0.717, 1.165) is 24.2 Å². The van der Waals surface area contributed by atoms with E-state index in [9.17, 15) is 18.0 Å². The first kappa shape index (κ1) is 24.3. The summed E-state index contributed by atoms with van der Waals surface area (Å²) < 4.78 is 42.5. The van der Waals surface area contributed by atoms with Gasteiger partial charge in [0.2, 0.25) is 0 Å². The number of rotatable bonds is 6. The lowest BCUT2D eigenvalue weighted by atomic mass is 9.72. The minimum atomic E-state index is -4.82. The molecule has 0 radical (unpaired) electrons. The molecular weight excluding hydrogens is 433 g/mol. The molecule has 0 aliphatic heterocycles. The molecule has 6 nitrogen and oxygen atoms in total. The summed E-state index contributed by atoms with van der Waals surface area (Å²) in [5.74, 6) is -1.04. The van der Waals surface area contributed by atoms with E-state index in [0.29, 0.717) is 0 Å². The van der Waals surface area contributed by atoms with Crippen molar-refractivity contribution in [2.75, 3.05) is 5.32 Å². The maximum absolute atomic E-state index is 12.5. The van der Waals surface area contributed by atoms with Crippen LogP contribution in [-0.2, 0) is 5.41 Å². The zero-order chi connectivity index (χ0) is 24.4. The number of aromatic nitrogens is 3. The van der Waals surface area contributed by atoms with Crippen molar-refractivity contribution in [3.8, 4) is 11.4 Å². The molecule has 1 amide bonds. The number of alkyl halides is 3. The summed E-state index contributed by atoms with van der Waals surface area (Å²) in [4.78, 5) is 12.5. The third-order valence-corrected chi connectivity index (χ3v) is 4.94. The second-order valence-electron chi connectivity index (χ2n) is 9.75. The monoisotopic (exact) mass is 460 g/mol. The Morgan fingerprint density at radius 1 is 1.03 bits per heavy atom. The van der Waals surface area contributed by atoms with Gasteiger partial charge in [0.05, 0.1) is 11.9 Å². The molecule has 0 aliphatic carbocycles. The topological polar surface area (TPSA) is 69.0 Å². The van der Waals surface area contributed by atoms with E-state index in [4.69, 9.17) is 0 Å². The largest absolute Gasteiger partial charge is 0.573 e. The van der Waals surface area contributed by atoms with E-state index in [1.165, 1.54) is 28.6 Å². The predicted molar refractivity (Wildman–Crippen MR) is 120 cm³/mol. The minimum Gasteiger partial charge on any atom is -0.406 e. The molecule has 0 atom stereocenters. The summed E-state index contributed by atoms with van der Waals surface area (Å²) in [6.45, 7) is 11.1. The number of ether oxygens (including phenoxy) is 1. The first-order valence-corrected chi connectivity index (χ1v) is 10.4. The van der Waals surface area contributed by atoms with Gasteiger partial charge in [-0.05, 0) is 47.1 Å². The standard InChI is InChI=1S/C24H27F3N4O2/c1-22(2,3)15-23(4,5)16-9-11-18(12-10-16)31-14-20(29-30-31)21(32)28-17-7-6-8-19(13-17)33-24(25,26)27/h6-14H,15H2,1-5H3,(H,28,32). The Hall–Kier alpha value is -3.36. The molecule has 3 rings (SSSR count). The van der Waals surface area contributed by atoms with Gasteiger partial charge < -0.3 is 10.1 Å². The summed E-state index contributed by atoms with van der Waals surface area (Å²) in [6.07, 6.45) is -2.34. The zero-order valence-electron chi connectivity index (χ0n) is 19.2. The molecule has 0 spiro atoms. The highest BCUT2D eigenvalue weighted by atomic mass is 19.4. The van der Waals surface area contributed by atoms with Crippen molar-refractivity contribution in [3.05, 3.63) is 66.0 Å². The van der Waals surface area contributed by atoms with Crippen molar-refractivity contribution in [2.45, 2.75) is 52.8 Å². The quantitative estimate of drug-likeness (QED) is 0.480. The number of nitrogens with one attached hydrogen (secondary N) is 1. The minimum absolute atomic E-state index is 0.00540. The van der Waals surface area contributed by atoms with Gasteiger partial charge in [0.25, 0.3) is 5.91 Å². The van der Waals surface area contributed by atoms with Crippen LogP contribution in [0.2, 0.25) is 0 Å². The lowest BCUT2D eigenvalue weighted by Gasteiger charge is -2.33. The van der Waals surface area contributed by atoms with Crippen LogP contribution >= 0.6 is 0 Å². The maximum atomic E-state index is 12.5. The van der Waals surface area contributed by atoms with Crippen molar-refractivity contribution in [1.82, 2.24) is 15.0 Å². The smallest absolute Gasteiger partial charge is 0.406 e. The average molecular weight is 461 g/mol. The molecule has 3 aromatic rings. The number of carbonyl (C=O) groups is 1. The Labute approximate surface area is 190 Å². The van der Waals surface area contributed by atoms with E-state index in [1.807, 2.05) is 24.3 Å². The fourth-order valence-electron chi connectivity index (χ4n) is 3.95. The summed E-state index contributed by atoms with van der Waals surface area (Å²) in [7, 11) is 0. The molecule has 0 saturated heterocycles. The Balaban J connectivity index is 1.71. The van der Waals surface area contributed by atoms with Gasteiger partial charge in [0.15, 0.2) is 5.69 Å². The number of carbonyl (C=O) groups excluding carboxylic acids is 1. The van der Waals surface area contributed by atoms with Gasteiger partial charge in [0, 0.05) is 11.8 Å². The number of hydrogen-bond donors (Lipinski definition) is 1. The highest BCUT2D eigenvalue weighted by molar-refractivity contribution is 6.02. The van der Waals surface area contributed by atoms with Crippen LogP contribution in [0.5, 0.6) is 5.75 Å². The van der Waals surface area contributed by atoms with Crippen LogP contribution in [0.4, 0.5) is 18.9 Å². The molecule has 1 aromatic heterocycles. The maximum Gasteiger partial charge on any atom is 0.573 e. The van der Waals surface area contributed by atoms with Crippen LogP contribution in [0.25, 0.3) is 5.69 Å². The lowest BCUT2D eigenvalue weighted by molar-refractivity contribution is -0.274. The molecule has 9 heteroatoms. The van der Waals surface area contributed by atoms with Crippen LogP contribution in [0.1, 0.15) is 57.1 Å². The Morgan fingerprint density at radius 3 is 2.30 bits per heavy atom. The van der Waals surface area contributed by atoms with Crippen LogP contribution in [0.3, 0.4) is 0 Å². The van der Waals surface area contributed by atoms with Gasteiger partial charge in [-0.2, -0.15) is 0 Å². The van der Waals surface area contributed by atoms with Gasteiger partial charge in [-0.3, -0.25) is 4.79 Å². The Bertz CT molecular complexity index is 1110. The third-order valence-electron chi connectivity index (χ3n) is 4.94. The van der Waals surface area contributed by atoms with Crippen molar-refractivity contribution in [3.63, 3.8) is 0 Å². The number of amides is 1. The van der Waals surface area contributed by atoms with Gasteiger partial charge in [-0.25, -0.2) is 4.68 Å². The molecule has 0 fully saturated rings. The second-order valence-corrected chi connectivity index (χ2v) is 9.75. The summed E-state index contributed by atoms with van der Waals surface area (Å²) in [6, 6.07) is 12.9. The van der Waals surface area contributed by atoms with Crippen LogP contribution < -0.4 is 10.1 Å². The molecule has 1 N–H and O–H groups in total. The molecule has 0 aliphatic rings. The lowest BCUT2D eigenvalue weighted by Crippen LogP contribution is -2.24. The van der Waals surface area contributed by atoms with Crippen molar-refractivity contribution in [1.29, 1.82) is 0 Å². The van der Waals surface area contributed by atoms with Crippen molar-refractivity contribution >= 4 is 11.6 Å². The van der Waals surface area contributed by atoms with Gasteiger partial charge in [-0.15, -0.1) is 18.3 Å². The molecule has 33 heavy (non-hydrogen) atoms. The van der Waals surface area contributed by atoms with Crippen LogP contribution in [0, 0.1) is 5.41 Å². The highest BCUT2D eigenvalue weighted by Crippen LogP contribution is 2.36. The number of benzene rings is 2. The van der Waals surface area contributed by atoms with E-state index in [1.54, 1.807) is 0 Å². The molecule has 1 heterocycles. The van der Waals surface area contributed by atoms with Gasteiger partial charge in [-0.1, -0.05) is 58.0 Å². The normalized spacial score (nSPS) is 12.5. The SMILES string of the molecule is CC(C)(C)CC(C)(C)c1ccc(-n2cc(C(=O)Nc3cccc(OC(F)(F)F)c3)nn2)cc1. The summed E-state index contributed by atoms with van der Waals surface area (Å²) >= 11 is 0. The molecule has 0 unspecified atom stereocenters. The second kappa shape index (κ2) is 8.88. The molecule has 0 bridgehead atoms. The fraction of sp³-hybridized carbons (Fsp3) is 0.375. The first-order chi connectivity index (χ1) is 15.2.